The molecule has 1 atom stereocenters. The molecule has 0 spiro atoms. The van der Waals surface area contributed by atoms with Crippen LogP contribution >= 0.6 is 0 Å². The maximum Gasteiger partial charge on any atom is 0.258 e. The van der Waals surface area contributed by atoms with E-state index in [1.807, 2.05) is 19.1 Å². The highest BCUT2D eigenvalue weighted by Gasteiger charge is 2.11. The van der Waals surface area contributed by atoms with E-state index < -0.39 is 5.82 Å². The first-order valence-corrected chi connectivity index (χ1v) is 6.24. The number of pyridine rings is 1. The van der Waals surface area contributed by atoms with Crippen LogP contribution < -0.4 is 10.1 Å². The van der Waals surface area contributed by atoms with Gasteiger partial charge in [-0.25, -0.2) is 4.39 Å². The van der Waals surface area contributed by atoms with Gasteiger partial charge in [-0.1, -0.05) is 18.2 Å². The average molecular weight is 274 g/mol. The van der Waals surface area contributed by atoms with Crippen LogP contribution in [-0.2, 0) is 4.79 Å². The number of benzene rings is 1. The van der Waals surface area contributed by atoms with Gasteiger partial charge in [-0.15, -0.1) is 0 Å². The molecule has 2 rings (SSSR count). The van der Waals surface area contributed by atoms with E-state index in [4.69, 9.17) is 4.74 Å². The van der Waals surface area contributed by atoms with Crippen LogP contribution in [0, 0.1) is 5.82 Å². The molecule has 0 aliphatic heterocycles. The minimum Gasteiger partial charge on any atom is -0.481 e. The van der Waals surface area contributed by atoms with E-state index in [0.717, 1.165) is 5.69 Å². The van der Waals surface area contributed by atoms with Crippen molar-refractivity contribution in [2.75, 3.05) is 6.61 Å². The molecule has 2 aromatic rings. The summed E-state index contributed by atoms with van der Waals surface area (Å²) < 4.78 is 18.4. The molecule has 5 heteroatoms. The summed E-state index contributed by atoms with van der Waals surface area (Å²) in [6, 6.07) is 11.2. The van der Waals surface area contributed by atoms with Crippen molar-refractivity contribution in [3.8, 4) is 5.75 Å². The van der Waals surface area contributed by atoms with Gasteiger partial charge in [0, 0.05) is 6.20 Å². The van der Waals surface area contributed by atoms with Gasteiger partial charge in [-0.3, -0.25) is 9.78 Å². The fourth-order valence-electron chi connectivity index (χ4n) is 1.69. The van der Waals surface area contributed by atoms with Gasteiger partial charge in [0.05, 0.1) is 11.7 Å². The highest BCUT2D eigenvalue weighted by Crippen LogP contribution is 2.15. The van der Waals surface area contributed by atoms with Crippen LogP contribution in [0.4, 0.5) is 4.39 Å². The molecule has 1 aromatic carbocycles. The smallest absolute Gasteiger partial charge is 0.258 e. The van der Waals surface area contributed by atoms with Crippen LogP contribution in [0.15, 0.2) is 48.7 Å². The zero-order valence-corrected chi connectivity index (χ0v) is 11.0. The third-order valence-corrected chi connectivity index (χ3v) is 2.70. The Morgan fingerprint density at radius 2 is 2.05 bits per heavy atom. The van der Waals surface area contributed by atoms with Gasteiger partial charge in [0.1, 0.15) is 0 Å². The molecule has 1 unspecified atom stereocenters. The lowest BCUT2D eigenvalue weighted by molar-refractivity contribution is -0.123. The van der Waals surface area contributed by atoms with E-state index in [1.54, 1.807) is 24.4 Å². The standard InChI is InChI=1S/C15H15FN2O2/c1-11(13-7-4-5-9-17-13)18-15(19)10-20-14-8-3-2-6-12(14)16/h2-9,11H,10H2,1H3,(H,18,19). The summed E-state index contributed by atoms with van der Waals surface area (Å²) >= 11 is 0. The third-order valence-electron chi connectivity index (χ3n) is 2.70. The maximum absolute atomic E-state index is 13.3. The second kappa shape index (κ2) is 6.65. The first-order chi connectivity index (χ1) is 9.66. The molecular weight excluding hydrogens is 259 g/mol. The Morgan fingerprint density at radius 1 is 1.30 bits per heavy atom. The lowest BCUT2D eigenvalue weighted by Gasteiger charge is -2.13. The number of carbonyl (C=O) groups is 1. The topological polar surface area (TPSA) is 51.2 Å². The Kier molecular flexibility index (Phi) is 4.65. The zero-order chi connectivity index (χ0) is 14.4. The molecule has 0 aliphatic carbocycles. The molecule has 0 saturated carbocycles. The average Bonchev–Trinajstić information content (AvgIpc) is 2.47. The van der Waals surface area contributed by atoms with E-state index in [0.29, 0.717) is 0 Å². The summed E-state index contributed by atoms with van der Waals surface area (Å²) in [6.45, 7) is 1.58. The summed E-state index contributed by atoms with van der Waals surface area (Å²) in [4.78, 5) is 15.9. The summed E-state index contributed by atoms with van der Waals surface area (Å²) in [7, 11) is 0. The Hall–Kier alpha value is -2.43. The molecule has 104 valence electrons. The van der Waals surface area contributed by atoms with E-state index in [1.165, 1.54) is 12.1 Å². The predicted molar refractivity (Wildman–Crippen MR) is 72.7 cm³/mol. The number of aromatic nitrogens is 1. The number of hydrogen-bond donors (Lipinski definition) is 1. The molecule has 4 nitrogen and oxygen atoms in total. The number of carbonyl (C=O) groups excluding carboxylic acids is 1. The Balaban J connectivity index is 1.86. The quantitative estimate of drug-likeness (QED) is 0.911. The SMILES string of the molecule is CC(NC(=O)COc1ccccc1F)c1ccccn1. The van der Waals surface area contributed by atoms with Crippen molar-refractivity contribution in [3.05, 3.63) is 60.2 Å². The van der Waals surface area contributed by atoms with E-state index in [9.17, 15) is 9.18 Å². The Bertz CT molecular complexity index is 575. The number of amides is 1. The van der Waals surface area contributed by atoms with Gasteiger partial charge in [0.2, 0.25) is 0 Å². The molecule has 0 fully saturated rings. The number of ether oxygens (including phenoxy) is 1. The monoisotopic (exact) mass is 274 g/mol. The highest BCUT2D eigenvalue weighted by atomic mass is 19.1. The molecule has 0 radical (unpaired) electrons. The molecule has 0 aliphatic rings. The van der Waals surface area contributed by atoms with Crippen LogP contribution in [-0.4, -0.2) is 17.5 Å². The van der Waals surface area contributed by atoms with Gasteiger partial charge < -0.3 is 10.1 Å². The van der Waals surface area contributed by atoms with Crippen LogP contribution in [0.3, 0.4) is 0 Å². The number of nitrogens with one attached hydrogen (secondary N) is 1. The summed E-state index contributed by atoms with van der Waals surface area (Å²) in [5.74, 6) is -0.752. The minimum atomic E-state index is -0.488. The van der Waals surface area contributed by atoms with Crippen molar-refractivity contribution < 1.29 is 13.9 Å². The Morgan fingerprint density at radius 3 is 2.75 bits per heavy atom. The van der Waals surface area contributed by atoms with E-state index in [-0.39, 0.29) is 24.3 Å². The number of nitrogens with zero attached hydrogens (tertiary/aromatic N) is 1. The van der Waals surface area contributed by atoms with Gasteiger partial charge in [-0.05, 0) is 31.2 Å². The fourth-order valence-corrected chi connectivity index (χ4v) is 1.69. The van der Waals surface area contributed by atoms with Crippen molar-refractivity contribution >= 4 is 5.91 Å². The second-order valence-electron chi connectivity index (χ2n) is 4.26. The van der Waals surface area contributed by atoms with E-state index in [2.05, 4.69) is 10.3 Å². The molecule has 1 aromatic heterocycles. The summed E-state index contributed by atoms with van der Waals surface area (Å²) in [6.07, 6.45) is 1.66. The molecule has 1 amide bonds. The van der Waals surface area contributed by atoms with Crippen molar-refractivity contribution in [1.82, 2.24) is 10.3 Å². The van der Waals surface area contributed by atoms with Crippen molar-refractivity contribution in [2.45, 2.75) is 13.0 Å². The lowest BCUT2D eigenvalue weighted by atomic mass is 10.2. The van der Waals surface area contributed by atoms with Crippen LogP contribution in [0.5, 0.6) is 5.75 Å². The normalized spacial score (nSPS) is 11.7. The summed E-state index contributed by atoms with van der Waals surface area (Å²) in [5, 5.41) is 2.74. The van der Waals surface area contributed by atoms with Gasteiger partial charge >= 0.3 is 0 Å². The van der Waals surface area contributed by atoms with Crippen LogP contribution in [0.1, 0.15) is 18.7 Å². The third kappa shape index (κ3) is 3.78. The van der Waals surface area contributed by atoms with Crippen molar-refractivity contribution in [3.63, 3.8) is 0 Å². The number of hydrogen-bond acceptors (Lipinski definition) is 3. The minimum absolute atomic E-state index is 0.0631. The first kappa shape index (κ1) is 14.0. The molecule has 1 heterocycles. The van der Waals surface area contributed by atoms with Crippen LogP contribution in [0.25, 0.3) is 0 Å². The summed E-state index contributed by atoms with van der Waals surface area (Å²) in [5.41, 5.74) is 0.756. The highest BCUT2D eigenvalue weighted by molar-refractivity contribution is 5.77. The second-order valence-corrected chi connectivity index (χ2v) is 4.26. The van der Waals surface area contributed by atoms with Crippen LogP contribution in [0.2, 0.25) is 0 Å². The molecule has 1 N–H and O–H groups in total. The predicted octanol–water partition coefficient (Wildman–Crippen LogP) is 2.48. The van der Waals surface area contributed by atoms with Gasteiger partial charge in [-0.2, -0.15) is 0 Å². The van der Waals surface area contributed by atoms with Gasteiger partial charge in [0.25, 0.3) is 5.91 Å². The molecule has 0 saturated heterocycles. The van der Waals surface area contributed by atoms with E-state index >= 15 is 0 Å². The largest absolute Gasteiger partial charge is 0.481 e. The molecule has 0 bridgehead atoms. The Labute approximate surface area is 116 Å². The first-order valence-electron chi connectivity index (χ1n) is 6.24. The van der Waals surface area contributed by atoms with Crippen molar-refractivity contribution in [2.24, 2.45) is 0 Å². The van der Waals surface area contributed by atoms with Crippen molar-refractivity contribution in [1.29, 1.82) is 0 Å². The number of para-hydroxylation sites is 1. The molecule has 20 heavy (non-hydrogen) atoms. The number of rotatable bonds is 5. The van der Waals surface area contributed by atoms with Gasteiger partial charge in [0.15, 0.2) is 18.2 Å². The lowest BCUT2D eigenvalue weighted by Crippen LogP contribution is -2.31. The zero-order valence-electron chi connectivity index (χ0n) is 11.0. The fraction of sp³-hybridized carbons (Fsp3) is 0.200. The molecular formula is C15H15FN2O2. The maximum atomic E-state index is 13.3. The number of halogens is 1.